The molecule has 0 spiro atoms. The molecule has 2 aliphatic heterocycles. The molecule has 2 saturated heterocycles. The lowest BCUT2D eigenvalue weighted by molar-refractivity contribution is -0.359. The minimum Gasteiger partial charge on any atom is -0.394 e. The number of unbranched alkanes of at least 4 members (excludes halogenated alkanes) is 31. The summed E-state index contributed by atoms with van der Waals surface area (Å²) in [4.78, 5) is 13.3. The van der Waals surface area contributed by atoms with Crippen molar-refractivity contribution in [2.24, 2.45) is 0 Å². The highest BCUT2D eigenvalue weighted by molar-refractivity contribution is 5.76. The Kier molecular flexibility index (Phi) is 47.2. The second kappa shape index (κ2) is 51.1. The van der Waals surface area contributed by atoms with Gasteiger partial charge in [-0.05, 0) is 57.8 Å². The predicted octanol–water partition coefficient (Wildman–Crippen LogP) is 12.1. The second-order valence-electron chi connectivity index (χ2n) is 22.9. The van der Waals surface area contributed by atoms with E-state index in [9.17, 15) is 45.6 Å². The zero-order chi connectivity index (χ0) is 58.1. The smallest absolute Gasteiger partial charge is 0.220 e. The van der Waals surface area contributed by atoms with E-state index in [1.54, 1.807) is 6.08 Å². The molecule has 9 N–H and O–H groups in total. The van der Waals surface area contributed by atoms with Crippen molar-refractivity contribution in [3.63, 3.8) is 0 Å². The van der Waals surface area contributed by atoms with Crippen molar-refractivity contribution in [2.75, 3.05) is 19.8 Å². The van der Waals surface area contributed by atoms with E-state index in [1.165, 1.54) is 148 Å². The Labute approximate surface area is 486 Å². The van der Waals surface area contributed by atoms with Crippen molar-refractivity contribution in [1.29, 1.82) is 0 Å². The minimum absolute atomic E-state index is 0.253. The van der Waals surface area contributed by atoms with Crippen LogP contribution in [-0.4, -0.2) is 140 Å². The van der Waals surface area contributed by atoms with E-state index >= 15 is 0 Å². The van der Waals surface area contributed by atoms with Gasteiger partial charge >= 0.3 is 0 Å². The van der Waals surface area contributed by atoms with Crippen LogP contribution in [0.4, 0.5) is 0 Å². The summed E-state index contributed by atoms with van der Waals surface area (Å²) in [6, 6.07) is -0.926. The van der Waals surface area contributed by atoms with Crippen molar-refractivity contribution < 1.29 is 64.6 Å². The molecule has 14 nitrogen and oxygen atoms in total. The van der Waals surface area contributed by atoms with Crippen molar-refractivity contribution in [3.05, 3.63) is 60.8 Å². The normalized spacial score (nSPS) is 24.6. The Balaban J connectivity index is 1.72. The molecular formula is C66H119NO13. The summed E-state index contributed by atoms with van der Waals surface area (Å²) in [5.41, 5.74) is 0. The quantitative estimate of drug-likeness (QED) is 0.0204. The Morgan fingerprint density at radius 3 is 1.32 bits per heavy atom. The zero-order valence-electron chi connectivity index (χ0n) is 50.3. The van der Waals surface area contributed by atoms with Crippen LogP contribution < -0.4 is 5.32 Å². The van der Waals surface area contributed by atoms with Crippen molar-refractivity contribution in [2.45, 2.75) is 331 Å². The molecule has 2 rings (SSSR count). The SMILES string of the molecule is CC/C=C\C/C=C\C/C=C\C/C=C\CCCCCCCCC(=O)NC(COC1OC(CO)C(OC2OC(CO)C(O)C(O)C2O)C(O)C1O)C(O)/C=C/CCCCCCCCCCCCCCCCCCCCCCCCCCC. The maximum absolute atomic E-state index is 13.3. The lowest BCUT2D eigenvalue weighted by Crippen LogP contribution is -2.65. The summed E-state index contributed by atoms with van der Waals surface area (Å²) >= 11 is 0. The maximum Gasteiger partial charge on any atom is 0.220 e. The van der Waals surface area contributed by atoms with Crippen LogP contribution >= 0.6 is 0 Å². The van der Waals surface area contributed by atoms with Gasteiger partial charge in [-0.2, -0.15) is 0 Å². The summed E-state index contributed by atoms with van der Waals surface area (Å²) in [6.45, 7) is 2.70. The third-order valence-electron chi connectivity index (χ3n) is 15.7. The molecule has 0 saturated carbocycles. The Morgan fingerprint density at radius 2 is 0.863 bits per heavy atom. The third-order valence-corrected chi connectivity index (χ3v) is 15.7. The van der Waals surface area contributed by atoms with E-state index in [1.807, 2.05) is 6.08 Å². The highest BCUT2D eigenvalue weighted by Crippen LogP contribution is 2.30. The number of aliphatic hydroxyl groups excluding tert-OH is 8. The number of hydrogen-bond acceptors (Lipinski definition) is 13. The van der Waals surface area contributed by atoms with Gasteiger partial charge < -0.3 is 65.1 Å². The molecule has 14 heteroatoms. The molecule has 2 fully saturated rings. The summed E-state index contributed by atoms with van der Waals surface area (Å²) < 4.78 is 22.8. The molecule has 12 unspecified atom stereocenters. The molecule has 2 heterocycles. The average molecular weight is 1130 g/mol. The maximum atomic E-state index is 13.3. The first-order valence-corrected chi connectivity index (χ1v) is 32.5. The highest BCUT2D eigenvalue weighted by Gasteiger charge is 2.51. The van der Waals surface area contributed by atoms with Crippen LogP contribution in [0.15, 0.2) is 60.8 Å². The van der Waals surface area contributed by atoms with Crippen LogP contribution in [0, 0.1) is 0 Å². The van der Waals surface area contributed by atoms with E-state index in [0.29, 0.717) is 6.42 Å². The minimum atomic E-state index is -1.79. The molecule has 80 heavy (non-hydrogen) atoms. The van der Waals surface area contributed by atoms with Crippen molar-refractivity contribution in [3.8, 4) is 0 Å². The van der Waals surface area contributed by atoms with E-state index in [-0.39, 0.29) is 18.9 Å². The van der Waals surface area contributed by atoms with E-state index in [2.05, 4.69) is 67.8 Å². The van der Waals surface area contributed by atoms with Gasteiger partial charge in [0.2, 0.25) is 5.91 Å². The highest BCUT2D eigenvalue weighted by atomic mass is 16.7. The Hall–Kier alpha value is -2.31. The largest absolute Gasteiger partial charge is 0.394 e. The number of nitrogens with one attached hydrogen (secondary N) is 1. The number of hydrogen-bond donors (Lipinski definition) is 9. The lowest BCUT2D eigenvalue weighted by atomic mass is 9.97. The van der Waals surface area contributed by atoms with Gasteiger partial charge in [0.25, 0.3) is 0 Å². The number of carbonyl (C=O) groups is 1. The zero-order valence-corrected chi connectivity index (χ0v) is 50.3. The van der Waals surface area contributed by atoms with Gasteiger partial charge in [0.1, 0.15) is 48.8 Å². The fourth-order valence-electron chi connectivity index (χ4n) is 10.5. The van der Waals surface area contributed by atoms with Crippen LogP contribution in [0.3, 0.4) is 0 Å². The number of amides is 1. The number of rotatable bonds is 52. The lowest BCUT2D eigenvalue weighted by Gasteiger charge is -2.46. The van der Waals surface area contributed by atoms with Crippen molar-refractivity contribution >= 4 is 5.91 Å². The third kappa shape index (κ3) is 35.7. The van der Waals surface area contributed by atoms with Crippen LogP contribution in [0.5, 0.6) is 0 Å². The molecule has 0 bridgehead atoms. The van der Waals surface area contributed by atoms with Crippen LogP contribution in [-0.2, 0) is 23.7 Å². The number of carbonyl (C=O) groups excluding carboxylic acids is 1. The van der Waals surface area contributed by atoms with Crippen LogP contribution in [0.1, 0.15) is 258 Å². The van der Waals surface area contributed by atoms with Gasteiger partial charge in [0, 0.05) is 6.42 Å². The molecule has 0 radical (unpaired) electrons. The molecule has 466 valence electrons. The monoisotopic (exact) mass is 1130 g/mol. The molecule has 0 aromatic rings. The van der Waals surface area contributed by atoms with Crippen LogP contribution in [0.2, 0.25) is 0 Å². The summed E-state index contributed by atoms with van der Waals surface area (Å²) in [5, 5.41) is 87.3. The van der Waals surface area contributed by atoms with E-state index < -0.39 is 86.8 Å². The first-order valence-electron chi connectivity index (χ1n) is 32.5. The Morgan fingerprint density at radius 1 is 0.463 bits per heavy atom. The van der Waals surface area contributed by atoms with Gasteiger partial charge in [0.05, 0.1) is 32.0 Å². The van der Waals surface area contributed by atoms with E-state index in [0.717, 1.165) is 83.5 Å². The summed E-state index contributed by atoms with van der Waals surface area (Å²) in [7, 11) is 0. The van der Waals surface area contributed by atoms with Gasteiger partial charge in [-0.1, -0.05) is 254 Å². The average Bonchev–Trinajstić information content (AvgIpc) is 3.48. The van der Waals surface area contributed by atoms with Crippen molar-refractivity contribution in [1.82, 2.24) is 5.32 Å². The molecule has 0 aromatic heterocycles. The number of allylic oxidation sites excluding steroid dienone is 9. The molecule has 2 aliphatic rings. The van der Waals surface area contributed by atoms with Gasteiger partial charge in [0.15, 0.2) is 12.6 Å². The first-order chi connectivity index (χ1) is 39.1. The molecular weight excluding hydrogens is 1010 g/mol. The first kappa shape index (κ1) is 73.8. The van der Waals surface area contributed by atoms with Gasteiger partial charge in [-0.3, -0.25) is 4.79 Å². The Bertz CT molecular complexity index is 1570. The summed E-state index contributed by atoms with van der Waals surface area (Å²) in [5.74, 6) is -0.253. The summed E-state index contributed by atoms with van der Waals surface area (Å²) in [6.07, 6.45) is 49.8. The topological polar surface area (TPSA) is 228 Å². The fourth-order valence-corrected chi connectivity index (χ4v) is 10.5. The number of ether oxygens (including phenoxy) is 4. The van der Waals surface area contributed by atoms with Gasteiger partial charge in [-0.15, -0.1) is 0 Å². The predicted molar refractivity (Wildman–Crippen MR) is 323 cm³/mol. The molecule has 1 amide bonds. The molecule has 0 aliphatic carbocycles. The van der Waals surface area contributed by atoms with E-state index in [4.69, 9.17) is 18.9 Å². The molecule has 12 atom stereocenters. The standard InChI is InChI=1S/C66H119NO13/c1-3-5-7-9-11-13-15-17-19-21-23-24-25-26-27-28-29-30-32-33-35-37-39-41-43-45-47-49-55(70)54(67-58(71)50-48-46-44-42-40-38-36-34-31-22-20-18-16-14-12-10-8-6-4-2)53-77-65-63(76)61(74)64(57(52-69)79-65)80-66-62(75)60(73)59(72)56(51-68)78-66/h6,8,12,14,18,20,31,34,47,49,54-57,59-66,68-70,72-76H,3-5,7,9-11,13,15-17,19,21-30,32-33,35-46,48,50-53H2,1-2H3,(H,67,71)/b8-6-,14-12-,20-18-,34-31-,49-47+. The second-order valence-corrected chi connectivity index (χ2v) is 22.9. The molecule has 0 aromatic carbocycles. The number of aliphatic hydroxyl groups is 8. The fraction of sp³-hybridized carbons (Fsp3) is 0.833. The van der Waals surface area contributed by atoms with Gasteiger partial charge in [-0.25, -0.2) is 0 Å². The van der Waals surface area contributed by atoms with Crippen LogP contribution in [0.25, 0.3) is 0 Å².